The molecule has 0 fully saturated rings. The minimum atomic E-state index is -3.92. The highest BCUT2D eigenvalue weighted by atomic mass is 32.2. The zero-order valence-electron chi connectivity index (χ0n) is 19.8. The summed E-state index contributed by atoms with van der Waals surface area (Å²) in [6, 6.07) is 8.02. The van der Waals surface area contributed by atoms with E-state index in [-0.39, 0.29) is 24.1 Å². The quantitative estimate of drug-likeness (QED) is 0.584. The van der Waals surface area contributed by atoms with Crippen molar-refractivity contribution in [2.75, 3.05) is 17.7 Å². The molecule has 0 bridgehead atoms. The van der Waals surface area contributed by atoms with Crippen molar-refractivity contribution in [1.82, 2.24) is 5.32 Å². The molecule has 0 radical (unpaired) electrons. The number of aryl methyl sites for hydroxylation is 1. The van der Waals surface area contributed by atoms with Gasteiger partial charge in [-0.1, -0.05) is 32.9 Å². The Morgan fingerprint density at radius 3 is 2.28 bits per heavy atom. The van der Waals surface area contributed by atoms with Crippen LogP contribution >= 0.6 is 0 Å². The van der Waals surface area contributed by atoms with E-state index in [2.05, 4.69) is 19.2 Å². The van der Waals surface area contributed by atoms with Crippen LogP contribution < -0.4 is 14.4 Å². The number of rotatable bonds is 9. The highest BCUT2D eigenvalue weighted by Crippen LogP contribution is 2.32. The molecular formula is C24H33FN2O4S. The van der Waals surface area contributed by atoms with Crippen LogP contribution in [0.15, 0.2) is 36.4 Å². The number of para-hydroxylation sites is 1. The van der Waals surface area contributed by atoms with Gasteiger partial charge in [0.15, 0.2) is 0 Å². The normalized spacial score (nSPS) is 13.5. The number of nitrogens with zero attached hydrogens (tertiary/aromatic N) is 1. The molecule has 2 aromatic rings. The van der Waals surface area contributed by atoms with Gasteiger partial charge in [-0.05, 0) is 67.1 Å². The van der Waals surface area contributed by atoms with Gasteiger partial charge in [0.05, 0.1) is 25.1 Å². The maximum Gasteiger partial charge on any atom is 0.244 e. The van der Waals surface area contributed by atoms with Crippen LogP contribution in [0, 0.1) is 12.7 Å². The number of hydrogen-bond acceptors (Lipinski definition) is 4. The van der Waals surface area contributed by atoms with Gasteiger partial charge in [-0.2, -0.15) is 0 Å². The number of carbonyl (C=O) groups excluding carboxylic acids is 1. The van der Waals surface area contributed by atoms with Gasteiger partial charge in [0, 0.05) is 0 Å². The lowest BCUT2D eigenvalue weighted by Gasteiger charge is -2.31. The van der Waals surface area contributed by atoms with Gasteiger partial charge < -0.3 is 10.1 Å². The topological polar surface area (TPSA) is 75.7 Å². The Hall–Kier alpha value is -2.61. The lowest BCUT2D eigenvalue weighted by Crippen LogP contribution is -2.50. The van der Waals surface area contributed by atoms with Crippen LogP contribution in [0.2, 0.25) is 0 Å². The molecule has 6 nitrogen and oxygen atoms in total. The second-order valence-corrected chi connectivity index (χ2v) is 10.1. The Morgan fingerprint density at radius 2 is 1.78 bits per heavy atom. The second-order valence-electron chi connectivity index (χ2n) is 8.27. The zero-order valence-corrected chi connectivity index (χ0v) is 20.6. The van der Waals surface area contributed by atoms with E-state index in [0.29, 0.717) is 0 Å². The lowest BCUT2D eigenvalue weighted by atomic mass is 9.93. The summed E-state index contributed by atoms with van der Waals surface area (Å²) in [6.45, 7) is 9.60. The Morgan fingerprint density at radius 1 is 1.16 bits per heavy atom. The Balaban J connectivity index is 2.41. The molecule has 1 amide bonds. The SMILES string of the molecule is CC[C@@H](C(=O)N[C@H](C)c1cc(C(C)C)c(OC)cc1C)N(c1ccccc1F)S(C)(=O)=O. The average Bonchev–Trinajstić information content (AvgIpc) is 2.71. The van der Waals surface area contributed by atoms with E-state index in [4.69, 9.17) is 4.74 Å². The molecule has 0 spiro atoms. The number of benzene rings is 2. The molecule has 0 aromatic heterocycles. The maximum absolute atomic E-state index is 14.5. The van der Waals surface area contributed by atoms with Gasteiger partial charge in [0.25, 0.3) is 0 Å². The van der Waals surface area contributed by atoms with Crippen LogP contribution in [-0.4, -0.2) is 33.7 Å². The molecule has 2 atom stereocenters. The number of hydrogen-bond donors (Lipinski definition) is 1. The van der Waals surface area contributed by atoms with Crippen LogP contribution in [0.1, 0.15) is 62.8 Å². The minimum absolute atomic E-state index is 0.146. The number of carbonyl (C=O) groups is 1. The van der Waals surface area contributed by atoms with E-state index in [1.807, 2.05) is 26.0 Å². The van der Waals surface area contributed by atoms with Gasteiger partial charge >= 0.3 is 0 Å². The molecule has 176 valence electrons. The molecule has 0 saturated carbocycles. The van der Waals surface area contributed by atoms with Crippen LogP contribution in [0.3, 0.4) is 0 Å². The maximum atomic E-state index is 14.5. The smallest absolute Gasteiger partial charge is 0.244 e. The fourth-order valence-corrected chi connectivity index (χ4v) is 5.08. The van der Waals surface area contributed by atoms with Gasteiger partial charge in [-0.15, -0.1) is 0 Å². The Labute approximate surface area is 190 Å². The van der Waals surface area contributed by atoms with Gasteiger partial charge in [0.1, 0.15) is 17.6 Å². The third kappa shape index (κ3) is 5.59. The molecule has 0 heterocycles. The molecule has 0 unspecified atom stereocenters. The number of nitrogens with one attached hydrogen (secondary N) is 1. The summed E-state index contributed by atoms with van der Waals surface area (Å²) in [5.41, 5.74) is 2.73. The minimum Gasteiger partial charge on any atom is -0.496 e. The van der Waals surface area contributed by atoms with Crippen LogP contribution in [0.4, 0.5) is 10.1 Å². The second kappa shape index (κ2) is 10.3. The number of halogens is 1. The number of amides is 1. The largest absolute Gasteiger partial charge is 0.496 e. The van der Waals surface area contributed by atoms with Crippen molar-refractivity contribution >= 4 is 21.6 Å². The third-order valence-corrected chi connectivity index (χ3v) is 6.65. The van der Waals surface area contributed by atoms with E-state index < -0.39 is 27.8 Å². The number of anilines is 1. The van der Waals surface area contributed by atoms with Crippen molar-refractivity contribution in [1.29, 1.82) is 0 Å². The van der Waals surface area contributed by atoms with E-state index in [0.717, 1.165) is 33.0 Å². The number of methoxy groups -OCH3 is 1. The van der Waals surface area contributed by atoms with E-state index in [9.17, 15) is 17.6 Å². The summed E-state index contributed by atoms with van der Waals surface area (Å²) in [5.74, 6) is -0.189. The van der Waals surface area contributed by atoms with E-state index >= 15 is 0 Å². The predicted octanol–water partition coefficient (Wildman–Crippen LogP) is 4.69. The molecular weight excluding hydrogens is 431 g/mol. The van der Waals surface area contributed by atoms with Gasteiger partial charge in [0.2, 0.25) is 15.9 Å². The fourth-order valence-electron chi connectivity index (χ4n) is 3.86. The first-order valence-corrected chi connectivity index (χ1v) is 12.5. The average molecular weight is 465 g/mol. The first-order valence-electron chi connectivity index (χ1n) is 10.6. The molecule has 32 heavy (non-hydrogen) atoms. The van der Waals surface area contributed by atoms with E-state index in [1.165, 1.54) is 24.3 Å². The predicted molar refractivity (Wildman–Crippen MR) is 126 cm³/mol. The van der Waals surface area contributed by atoms with Crippen LogP contribution in [-0.2, 0) is 14.8 Å². The lowest BCUT2D eigenvalue weighted by molar-refractivity contribution is -0.122. The summed E-state index contributed by atoms with van der Waals surface area (Å²) in [5, 5.41) is 2.93. The number of sulfonamides is 1. The Kier molecular flexibility index (Phi) is 8.29. The molecule has 0 aliphatic carbocycles. The summed E-state index contributed by atoms with van der Waals surface area (Å²) in [6.07, 6.45) is 1.15. The molecule has 0 saturated heterocycles. The Bertz CT molecular complexity index is 1070. The summed E-state index contributed by atoms with van der Waals surface area (Å²) >= 11 is 0. The monoisotopic (exact) mass is 464 g/mol. The molecule has 0 aliphatic heterocycles. The summed E-state index contributed by atoms with van der Waals surface area (Å²) < 4.78 is 45.9. The van der Waals surface area contributed by atoms with Crippen LogP contribution in [0.25, 0.3) is 0 Å². The summed E-state index contributed by atoms with van der Waals surface area (Å²) in [4.78, 5) is 13.2. The van der Waals surface area contributed by atoms with E-state index in [1.54, 1.807) is 14.0 Å². The summed E-state index contributed by atoms with van der Waals surface area (Å²) in [7, 11) is -2.29. The first kappa shape index (κ1) is 25.6. The highest BCUT2D eigenvalue weighted by molar-refractivity contribution is 7.92. The van der Waals surface area contributed by atoms with Crippen molar-refractivity contribution in [2.24, 2.45) is 0 Å². The molecule has 8 heteroatoms. The third-order valence-electron chi connectivity index (χ3n) is 5.49. The first-order chi connectivity index (χ1) is 14.9. The van der Waals surface area contributed by atoms with Gasteiger partial charge in [-0.25, -0.2) is 12.8 Å². The van der Waals surface area contributed by atoms with Crippen LogP contribution in [0.5, 0.6) is 5.75 Å². The van der Waals surface area contributed by atoms with Crippen molar-refractivity contribution in [3.8, 4) is 5.75 Å². The van der Waals surface area contributed by atoms with Gasteiger partial charge in [-0.3, -0.25) is 9.10 Å². The fraction of sp³-hybridized carbons (Fsp3) is 0.458. The van der Waals surface area contributed by atoms with Crippen molar-refractivity contribution in [3.05, 3.63) is 58.9 Å². The molecule has 1 N–H and O–H groups in total. The van der Waals surface area contributed by atoms with Crippen molar-refractivity contribution in [3.63, 3.8) is 0 Å². The highest BCUT2D eigenvalue weighted by Gasteiger charge is 2.33. The molecule has 0 aliphatic rings. The molecule has 2 rings (SSSR count). The number of ether oxygens (including phenoxy) is 1. The standard InChI is InChI=1S/C24H33FN2O4S/c1-8-21(27(32(7,29)30)22-12-10-9-11-20(22)25)24(28)26-17(5)19-14-18(15(2)3)23(31-6)13-16(19)4/h9-15,17,21H,8H2,1-7H3,(H,26,28)/t17-,21+/m1/s1. The van der Waals surface area contributed by atoms with Crippen molar-refractivity contribution in [2.45, 2.75) is 59.0 Å². The van der Waals surface area contributed by atoms with Crippen molar-refractivity contribution < 1.29 is 22.3 Å². The molecule has 2 aromatic carbocycles. The zero-order chi connectivity index (χ0) is 24.2.